The number of phenolic OH excluding ortho intramolecular Hbond substituents is 1. The number of hydrogen-bond acceptors (Lipinski definition) is 7. The third-order valence-electron chi connectivity index (χ3n) is 3.23. The summed E-state index contributed by atoms with van der Waals surface area (Å²) < 4.78 is 10.2. The number of furan rings is 1. The van der Waals surface area contributed by atoms with Crippen molar-refractivity contribution in [3.63, 3.8) is 0 Å². The van der Waals surface area contributed by atoms with Crippen LogP contribution in [0.25, 0.3) is 17.4 Å². The van der Waals surface area contributed by atoms with Gasteiger partial charge in [-0.1, -0.05) is 0 Å². The van der Waals surface area contributed by atoms with Crippen LogP contribution in [0, 0.1) is 0 Å². The number of imide groups is 1. The van der Waals surface area contributed by atoms with Crippen LogP contribution >= 0.6 is 11.8 Å². The van der Waals surface area contributed by atoms with Crippen molar-refractivity contribution in [2.45, 2.75) is 0 Å². The lowest BCUT2D eigenvalue weighted by Gasteiger charge is -2.04. The summed E-state index contributed by atoms with van der Waals surface area (Å²) in [6.07, 6.45) is 1.45. The third-order valence-corrected chi connectivity index (χ3v) is 4.04. The van der Waals surface area contributed by atoms with Gasteiger partial charge in [-0.3, -0.25) is 14.9 Å². The molecule has 2 heterocycles. The van der Waals surface area contributed by atoms with E-state index in [0.717, 1.165) is 11.8 Å². The highest BCUT2D eigenvalue weighted by molar-refractivity contribution is 8.18. The number of aromatic hydroxyl groups is 1. The molecular weight excluding hydrogens is 334 g/mol. The molecule has 0 bridgehead atoms. The largest absolute Gasteiger partial charge is 0.507 e. The number of amides is 2. The molecule has 1 aliphatic heterocycles. The quantitative estimate of drug-likeness (QED) is 0.651. The summed E-state index contributed by atoms with van der Waals surface area (Å²) >= 11 is 0.792. The first-order chi connectivity index (χ1) is 11.5. The monoisotopic (exact) mass is 345 g/mol. The standard InChI is InChI=1S/C16H11NO6S/c1-22-15(20)10-6-8(2-4-11(10)18)12-5-3-9(23-12)7-13-14(19)17-16(21)24-13/h2-7,18H,1H3,(H,17,19,21)/b13-7-. The fourth-order valence-corrected chi connectivity index (χ4v) is 2.76. The SMILES string of the molecule is COC(=O)c1cc(-c2ccc(/C=C3\SC(=O)NC3=O)o2)ccc1O. The van der Waals surface area contributed by atoms with Crippen LogP contribution in [-0.2, 0) is 9.53 Å². The van der Waals surface area contributed by atoms with Crippen molar-refractivity contribution in [3.05, 3.63) is 46.6 Å². The second-order valence-electron chi connectivity index (χ2n) is 4.78. The minimum absolute atomic E-state index is 0.0163. The summed E-state index contributed by atoms with van der Waals surface area (Å²) in [5.74, 6) is -0.523. The van der Waals surface area contributed by atoms with Gasteiger partial charge in [-0.15, -0.1) is 0 Å². The first-order valence-corrected chi connectivity index (χ1v) is 7.56. The molecule has 0 saturated carbocycles. The molecule has 2 N–H and O–H groups in total. The lowest BCUT2D eigenvalue weighted by molar-refractivity contribution is -0.115. The fraction of sp³-hybridized carbons (Fsp3) is 0.0625. The maximum absolute atomic E-state index is 11.6. The number of benzene rings is 1. The van der Waals surface area contributed by atoms with Crippen LogP contribution < -0.4 is 5.32 Å². The Bertz CT molecular complexity index is 882. The summed E-state index contributed by atoms with van der Waals surface area (Å²) in [5, 5.41) is 11.4. The maximum atomic E-state index is 11.6. The molecule has 0 radical (unpaired) electrons. The minimum atomic E-state index is -0.666. The molecule has 0 aliphatic carbocycles. The molecule has 122 valence electrons. The number of thioether (sulfide) groups is 1. The Kier molecular flexibility index (Phi) is 4.13. The molecule has 0 unspecified atom stereocenters. The van der Waals surface area contributed by atoms with Crippen LogP contribution in [0.5, 0.6) is 5.75 Å². The Morgan fingerprint density at radius 2 is 2.08 bits per heavy atom. The zero-order valence-electron chi connectivity index (χ0n) is 12.4. The molecule has 0 atom stereocenters. The summed E-state index contributed by atoms with van der Waals surface area (Å²) in [6.45, 7) is 0. The normalized spacial score (nSPS) is 15.6. The van der Waals surface area contributed by atoms with E-state index >= 15 is 0 Å². The van der Waals surface area contributed by atoms with Crippen molar-refractivity contribution in [3.8, 4) is 17.1 Å². The van der Waals surface area contributed by atoms with Gasteiger partial charge < -0.3 is 14.3 Å². The second kappa shape index (κ2) is 6.25. The second-order valence-corrected chi connectivity index (χ2v) is 5.79. The lowest BCUT2D eigenvalue weighted by Crippen LogP contribution is -2.17. The predicted octanol–water partition coefficient (Wildman–Crippen LogP) is 2.76. The number of nitrogens with one attached hydrogen (secondary N) is 1. The third kappa shape index (κ3) is 3.04. The topological polar surface area (TPSA) is 106 Å². The van der Waals surface area contributed by atoms with E-state index in [1.54, 1.807) is 18.2 Å². The van der Waals surface area contributed by atoms with Gasteiger partial charge >= 0.3 is 5.97 Å². The van der Waals surface area contributed by atoms with Crippen molar-refractivity contribution in [2.75, 3.05) is 7.11 Å². The molecule has 2 amide bonds. The first kappa shape index (κ1) is 15.9. The van der Waals surface area contributed by atoms with Gasteiger partial charge in [-0.25, -0.2) is 4.79 Å². The van der Waals surface area contributed by atoms with Crippen molar-refractivity contribution in [1.82, 2.24) is 5.32 Å². The number of ether oxygens (including phenoxy) is 1. The van der Waals surface area contributed by atoms with Gasteiger partial charge in [0.05, 0.1) is 12.0 Å². The van der Waals surface area contributed by atoms with Crippen LogP contribution in [0.1, 0.15) is 16.1 Å². The number of rotatable bonds is 3. The minimum Gasteiger partial charge on any atom is -0.507 e. The number of carbonyl (C=O) groups excluding carboxylic acids is 3. The highest BCUT2D eigenvalue weighted by atomic mass is 32.2. The molecule has 7 nitrogen and oxygen atoms in total. The van der Waals surface area contributed by atoms with Crippen molar-refractivity contribution >= 4 is 35.0 Å². The Morgan fingerprint density at radius 3 is 2.75 bits per heavy atom. The van der Waals surface area contributed by atoms with Crippen LogP contribution in [0.4, 0.5) is 4.79 Å². The van der Waals surface area contributed by atoms with Gasteiger partial charge in [-0.05, 0) is 42.1 Å². The van der Waals surface area contributed by atoms with E-state index in [2.05, 4.69) is 10.1 Å². The van der Waals surface area contributed by atoms with E-state index in [4.69, 9.17) is 4.42 Å². The van der Waals surface area contributed by atoms with Gasteiger partial charge in [0.1, 0.15) is 22.8 Å². The lowest BCUT2D eigenvalue weighted by atomic mass is 10.1. The average molecular weight is 345 g/mol. The van der Waals surface area contributed by atoms with Crippen molar-refractivity contribution in [1.29, 1.82) is 0 Å². The van der Waals surface area contributed by atoms with Crippen molar-refractivity contribution in [2.24, 2.45) is 0 Å². The van der Waals surface area contributed by atoms with Crippen LogP contribution in [0.2, 0.25) is 0 Å². The van der Waals surface area contributed by atoms with E-state index in [0.29, 0.717) is 17.1 Å². The highest BCUT2D eigenvalue weighted by Crippen LogP contribution is 2.30. The summed E-state index contributed by atoms with van der Waals surface area (Å²) in [7, 11) is 1.22. The fourth-order valence-electron chi connectivity index (χ4n) is 2.10. The molecule has 1 aromatic heterocycles. The maximum Gasteiger partial charge on any atom is 0.341 e. The molecule has 8 heteroatoms. The average Bonchev–Trinajstić information content (AvgIpc) is 3.14. The number of carbonyl (C=O) groups is 3. The van der Waals surface area contributed by atoms with E-state index < -0.39 is 17.1 Å². The van der Waals surface area contributed by atoms with Crippen LogP contribution in [0.3, 0.4) is 0 Å². The van der Waals surface area contributed by atoms with Gasteiger partial charge in [0.15, 0.2) is 0 Å². The molecule has 1 aromatic carbocycles. The zero-order chi connectivity index (χ0) is 17.3. The summed E-state index contributed by atoms with van der Waals surface area (Å²) in [5.41, 5.74) is 0.570. The van der Waals surface area contributed by atoms with E-state index in [1.165, 1.54) is 25.3 Å². The number of esters is 1. The molecule has 1 aliphatic rings. The van der Waals surface area contributed by atoms with E-state index in [9.17, 15) is 19.5 Å². The molecule has 0 spiro atoms. The number of phenols is 1. The van der Waals surface area contributed by atoms with E-state index in [-0.39, 0.29) is 16.2 Å². The van der Waals surface area contributed by atoms with Gasteiger partial charge in [-0.2, -0.15) is 0 Å². The van der Waals surface area contributed by atoms with Crippen molar-refractivity contribution < 1.29 is 28.6 Å². The summed E-state index contributed by atoms with van der Waals surface area (Å²) in [4.78, 5) is 34.5. The Balaban J connectivity index is 1.91. The highest BCUT2D eigenvalue weighted by Gasteiger charge is 2.25. The Hall–Kier alpha value is -3.00. The molecular formula is C16H11NO6S. The van der Waals surface area contributed by atoms with Gasteiger partial charge in [0.25, 0.3) is 11.1 Å². The van der Waals surface area contributed by atoms with E-state index in [1.807, 2.05) is 0 Å². The Labute approximate surface area is 140 Å². The molecule has 1 saturated heterocycles. The molecule has 2 aromatic rings. The molecule has 3 rings (SSSR count). The summed E-state index contributed by atoms with van der Waals surface area (Å²) in [6, 6.07) is 7.67. The zero-order valence-corrected chi connectivity index (χ0v) is 13.2. The van der Waals surface area contributed by atoms with Crippen LogP contribution in [-0.4, -0.2) is 29.3 Å². The molecule has 1 fully saturated rings. The molecule has 24 heavy (non-hydrogen) atoms. The first-order valence-electron chi connectivity index (χ1n) is 6.74. The smallest absolute Gasteiger partial charge is 0.341 e. The Morgan fingerprint density at radius 1 is 1.29 bits per heavy atom. The number of methoxy groups -OCH3 is 1. The van der Waals surface area contributed by atoms with Crippen LogP contribution in [0.15, 0.2) is 39.7 Å². The van der Waals surface area contributed by atoms with Gasteiger partial charge in [0, 0.05) is 11.6 Å². The number of hydrogen-bond donors (Lipinski definition) is 2. The van der Waals surface area contributed by atoms with Gasteiger partial charge in [0.2, 0.25) is 0 Å². The predicted molar refractivity (Wildman–Crippen MR) is 86.3 cm³/mol.